The Kier molecular flexibility index (Phi) is 4.24. The number of likely N-dealkylation sites (tertiary alicyclic amines) is 1. The van der Waals surface area contributed by atoms with Gasteiger partial charge in [0.15, 0.2) is 0 Å². The molecule has 0 aromatic carbocycles. The Hall–Kier alpha value is -0.660. The van der Waals surface area contributed by atoms with Crippen LogP contribution in [0.25, 0.3) is 0 Å². The van der Waals surface area contributed by atoms with Gasteiger partial charge in [0.2, 0.25) is 15.9 Å². The van der Waals surface area contributed by atoms with E-state index in [4.69, 9.17) is 0 Å². The van der Waals surface area contributed by atoms with Crippen LogP contribution in [0.3, 0.4) is 0 Å². The zero-order chi connectivity index (χ0) is 13.2. The highest BCUT2D eigenvalue weighted by molar-refractivity contribution is 7.89. The van der Waals surface area contributed by atoms with Crippen LogP contribution >= 0.6 is 0 Å². The lowest BCUT2D eigenvalue weighted by molar-refractivity contribution is -0.130. The highest BCUT2D eigenvalue weighted by Gasteiger charge is 2.33. The summed E-state index contributed by atoms with van der Waals surface area (Å²) in [5, 5.41) is 2.66. The number of carbonyl (C=O) groups excluding carboxylic acids is 1. The number of likely N-dealkylation sites (N-methyl/N-ethyl adjacent to an activating group) is 1. The minimum Gasteiger partial charge on any atom is -0.342 e. The Labute approximate surface area is 108 Å². The van der Waals surface area contributed by atoms with Gasteiger partial charge in [-0.15, -0.1) is 0 Å². The van der Waals surface area contributed by atoms with E-state index in [1.54, 1.807) is 4.90 Å². The first-order valence-corrected chi connectivity index (χ1v) is 7.96. The van der Waals surface area contributed by atoms with Gasteiger partial charge in [-0.2, -0.15) is 4.31 Å². The van der Waals surface area contributed by atoms with Gasteiger partial charge in [-0.25, -0.2) is 8.42 Å². The van der Waals surface area contributed by atoms with E-state index in [-0.39, 0.29) is 17.7 Å². The van der Waals surface area contributed by atoms with Crippen LogP contribution in [-0.4, -0.2) is 68.6 Å². The van der Waals surface area contributed by atoms with Crippen LogP contribution in [0.5, 0.6) is 0 Å². The second-order valence-corrected chi connectivity index (χ2v) is 7.32. The molecular weight excluding hydrogens is 254 g/mol. The predicted molar refractivity (Wildman–Crippen MR) is 68.6 cm³/mol. The third-order valence-corrected chi connectivity index (χ3v) is 5.93. The molecule has 0 bridgehead atoms. The summed E-state index contributed by atoms with van der Waals surface area (Å²) in [4.78, 5) is 13.7. The Morgan fingerprint density at radius 1 is 1.39 bits per heavy atom. The fourth-order valence-electron chi connectivity index (χ4n) is 2.48. The molecule has 1 N–H and O–H groups in total. The van der Waals surface area contributed by atoms with Gasteiger partial charge in [-0.05, 0) is 25.8 Å². The van der Waals surface area contributed by atoms with Crippen molar-refractivity contribution in [2.24, 2.45) is 0 Å². The molecule has 6 nitrogen and oxygen atoms in total. The molecule has 2 aliphatic rings. The SMILES string of the molecule is CN(CC(=O)N1CCCC1)S(=O)(=O)C1CCNC1. The average Bonchev–Trinajstić information content (AvgIpc) is 3.02. The van der Waals surface area contributed by atoms with Crippen molar-refractivity contribution in [3.05, 3.63) is 0 Å². The third-order valence-electron chi connectivity index (χ3n) is 3.69. The Bertz CT molecular complexity index is 398. The number of carbonyl (C=O) groups is 1. The van der Waals surface area contributed by atoms with Crippen LogP contribution < -0.4 is 5.32 Å². The molecule has 2 rings (SSSR count). The quantitative estimate of drug-likeness (QED) is 0.731. The molecule has 2 heterocycles. The van der Waals surface area contributed by atoms with Gasteiger partial charge in [-0.3, -0.25) is 4.79 Å². The largest absolute Gasteiger partial charge is 0.342 e. The molecule has 7 heteroatoms. The maximum Gasteiger partial charge on any atom is 0.237 e. The van der Waals surface area contributed by atoms with Crippen LogP contribution in [0, 0.1) is 0 Å². The maximum absolute atomic E-state index is 12.2. The standard InChI is InChI=1S/C11H21N3O3S/c1-13(9-11(15)14-6-2-3-7-14)18(16,17)10-4-5-12-8-10/h10,12H,2-9H2,1H3. The van der Waals surface area contributed by atoms with Gasteiger partial charge in [0.1, 0.15) is 0 Å². The van der Waals surface area contributed by atoms with Crippen molar-refractivity contribution in [2.75, 3.05) is 39.8 Å². The molecule has 1 unspecified atom stereocenters. The van der Waals surface area contributed by atoms with Gasteiger partial charge in [0.25, 0.3) is 0 Å². The molecule has 0 saturated carbocycles. The van der Waals surface area contributed by atoms with E-state index in [1.807, 2.05) is 0 Å². The molecule has 2 aliphatic heterocycles. The lowest BCUT2D eigenvalue weighted by atomic mass is 10.4. The minimum absolute atomic E-state index is 0.0289. The van der Waals surface area contributed by atoms with E-state index in [2.05, 4.69) is 5.32 Å². The highest BCUT2D eigenvalue weighted by atomic mass is 32.2. The van der Waals surface area contributed by atoms with Crippen molar-refractivity contribution < 1.29 is 13.2 Å². The van der Waals surface area contributed by atoms with Crippen LogP contribution in [-0.2, 0) is 14.8 Å². The summed E-state index contributed by atoms with van der Waals surface area (Å²) in [5.41, 5.74) is 0. The van der Waals surface area contributed by atoms with Crippen molar-refractivity contribution in [3.63, 3.8) is 0 Å². The molecule has 0 aromatic rings. The summed E-state index contributed by atoms with van der Waals surface area (Å²) in [7, 11) is -1.84. The molecule has 1 atom stereocenters. The van der Waals surface area contributed by atoms with Gasteiger partial charge >= 0.3 is 0 Å². The monoisotopic (exact) mass is 275 g/mol. The van der Waals surface area contributed by atoms with Crippen molar-refractivity contribution >= 4 is 15.9 Å². The van der Waals surface area contributed by atoms with E-state index in [1.165, 1.54) is 11.4 Å². The smallest absolute Gasteiger partial charge is 0.237 e. The summed E-state index contributed by atoms with van der Waals surface area (Å²) in [6, 6.07) is 0. The van der Waals surface area contributed by atoms with Crippen molar-refractivity contribution in [1.29, 1.82) is 0 Å². The van der Waals surface area contributed by atoms with Gasteiger partial charge < -0.3 is 10.2 Å². The topological polar surface area (TPSA) is 69.7 Å². The van der Waals surface area contributed by atoms with Crippen LogP contribution in [0.4, 0.5) is 0 Å². The maximum atomic E-state index is 12.2. The average molecular weight is 275 g/mol. The zero-order valence-electron chi connectivity index (χ0n) is 10.8. The summed E-state index contributed by atoms with van der Waals surface area (Å²) in [5.74, 6) is -0.0791. The van der Waals surface area contributed by atoms with E-state index in [0.717, 1.165) is 32.5 Å². The zero-order valence-corrected chi connectivity index (χ0v) is 11.6. The summed E-state index contributed by atoms with van der Waals surface area (Å²) >= 11 is 0. The Balaban J connectivity index is 1.93. The molecule has 104 valence electrons. The van der Waals surface area contributed by atoms with Crippen LogP contribution in [0.15, 0.2) is 0 Å². The van der Waals surface area contributed by atoms with E-state index in [9.17, 15) is 13.2 Å². The molecule has 0 aromatic heterocycles. The van der Waals surface area contributed by atoms with Crippen LogP contribution in [0.2, 0.25) is 0 Å². The highest BCUT2D eigenvalue weighted by Crippen LogP contribution is 2.15. The van der Waals surface area contributed by atoms with E-state index < -0.39 is 10.0 Å². The number of sulfonamides is 1. The normalized spacial score (nSPS) is 25.0. The number of amides is 1. The van der Waals surface area contributed by atoms with E-state index in [0.29, 0.717) is 13.0 Å². The Morgan fingerprint density at radius 2 is 2.06 bits per heavy atom. The van der Waals surface area contributed by atoms with Crippen LogP contribution in [0.1, 0.15) is 19.3 Å². The molecule has 0 radical (unpaired) electrons. The molecule has 2 fully saturated rings. The minimum atomic E-state index is -3.34. The summed E-state index contributed by atoms with van der Waals surface area (Å²) < 4.78 is 25.6. The van der Waals surface area contributed by atoms with Crippen molar-refractivity contribution in [3.8, 4) is 0 Å². The third kappa shape index (κ3) is 2.84. The van der Waals surface area contributed by atoms with Gasteiger partial charge in [0, 0.05) is 26.7 Å². The predicted octanol–water partition coefficient (Wildman–Crippen LogP) is -0.768. The summed E-state index contributed by atoms with van der Waals surface area (Å²) in [6.07, 6.45) is 2.67. The first-order valence-electron chi connectivity index (χ1n) is 6.45. The van der Waals surface area contributed by atoms with E-state index >= 15 is 0 Å². The molecule has 2 saturated heterocycles. The number of nitrogens with zero attached hydrogens (tertiary/aromatic N) is 2. The van der Waals surface area contributed by atoms with Gasteiger partial charge in [0.05, 0.1) is 11.8 Å². The number of rotatable bonds is 4. The second kappa shape index (κ2) is 5.54. The fraction of sp³-hybridized carbons (Fsp3) is 0.909. The number of hydrogen-bond donors (Lipinski definition) is 1. The molecule has 1 amide bonds. The molecule has 18 heavy (non-hydrogen) atoms. The fourth-order valence-corrected chi connectivity index (χ4v) is 4.03. The number of hydrogen-bond acceptors (Lipinski definition) is 4. The first kappa shape index (κ1) is 13.8. The van der Waals surface area contributed by atoms with Crippen molar-refractivity contribution in [2.45, 2.75) is 24.5 Å². The first-order chi connectivity index (χ1) is 8.51. The van der Waals surface area contributed by atoms with Gasteiger partial charge in [-0.1, -0.05) is 0 Å². The molecule has 0 spiro atoms. The molecule has 0 aliphatic carbocycles. The lowest BCUT2D eigenvalue weighted by Gasteiger charge is -2.23. The lowest BCUT2D eigenvalue weighted by Crippen LogP contribution is -2.43. The second-order valence-electron chi connectivity index (χ2n) is 5.00. The molecular formula is C11H21N3O3S. The Morgan fingerprint density at radius 3 is 2.61 bits per heavy atom. The van der Waals surface area contributed by atoms with Crippen molar-refractivity contribution in [1.82, 2.24) is 14.5 Å². The number of nitrogens with one attached hydrogen (secondary N) is 1. The summed E-state index contributed by atoms with van der Waals surface area (Å²) in [6.45, 7) is 2.72.